The van der Waals surface area contributed by atoms with E-state index >= 15 is 0 Å². The van der Waals surface area contributed by atoms with Crippen molar-refractivity contribution < 1.29 is 28.6 Å². The van der Waals surface area contributed by atoms with Crippen LogP contribution in [0.1, 0.15) is 5.56 Å². The van der Waals surface area contributed by atoms with Crippen LogP contribution in [0.2, 0.25) is 0 Å². The number of benzene rings is 2. The fourth-order valence-electron chi connectivity index (χ4n) is 2.54. The van der Waals surface area contributed by atoms with Gasteiger partial charge in [-0.25, -0.2) is 4.79 Å². The monoisotopic (exact) mass is 491 g/mol. The molecule has 156 valence electrons. The van der Waals surface area contributed by atoms with Gasteiger partial charge >= 0.3 is 5.97 Å². The van der Waals surface area contributed by atoms with Gasteiger partial charge in [-0.15, -0.1) is 0 Å². The largest absolute Gasteiger partial charge is 0.492 e. The number of thioether (sulfide) groups is 1. The number of rotatable bonds is 8. The van der Waals surface area contributed by atoms with E-state index in [0.717, 1.165) is 11.8 Å². The van der Waals surface area contributed by atoms with Gasteiger partial charge in [0, 0.05) is 0 Å². The van der Waals surface area contributed by atoms with Gasteiger partial charge in [-0.05, 0) is 63.6 Å². The summed E-state index contributed by atoms with van der Waals surface area (Å²) in [5.74, 6) is 0.294. The predicted molar refractivity (Wildman–Crippen MR) is 116 cm³/mol. The Morgan fingerprint density at radius 3 is 2.60 bits per heavy atom. The van der Waals surface area contributed by atoms with Gasteiger partial charge in [0.25, 0.3) is 11.1 Å². The van der Waals surface area contributed by atoms with Gasteiger partial charge in [0.1, 0.15) is 18.1 Å². The Hall–Kier alpha value is -2.78. The highest BCUT2D eigenvalue weighted by Crippen LogP contribution is 2.33. The lowest BCUT2D eigenvalue weighted by Crippen LogP contribution is -2.32. The van der Waals surface area contributed by atoms with Crippen LogP contribution in [0.15, 0.2) is 57.9 Å². The Balaban J connectivity index is 1.61. The van der Waals surface area contributed by atoms with E-state index in [4.69, 9.17) is 9.47 Å². The molecule has 1 aliphatic rings. The lowest BCUT2D eigenvalue weighted by Gasteiger charge is -2.13. The SMILES string of the molecule is COC(=O)COc1ccc(/C=C2\SC(=O)N(CCOc3ccccc3)C2=O)cc1Br. The van der Waals surface area contributed by atoms with Gasteiger partial charge in [0.2, 0.25) is 0 Å². The van der Waals surface area contributed by atoms with Gasteiger partial charge in [-0.2, -0.15) is 0 Å². The topological polar surface area (TPSA) is 82.1 Å². The van der Waals surface area contributed by atoms with E-state index in [1.54, 1.807) is 24.3 Å². The van der Waals surface area contributed by atoms with E-state index < -0.39 is 5.97 Å². The van der Waals surface area contributed by atoms with Crippen molar-refractivity contribution in [2.75, 3.05) is 26.9 Å². The molecule has 0 bridgehead atoms. The molecule has 0 spiro atoms. The minimum Gasteiger partial charge on any atom is -0.492 e. The number of hydrogen-bond acceptors (Lipinski definition) is 7. The second-order valence-corrected chi connectivity index (χ2v) is 7.90. The minimum absolute atomic E-state index is 0.168. The highest BCUT2D eigenvalue weighted by Gasteiger charge is 2.34. The molecule has 2 aromatic rings. The summed E-state index contributed by atoms with van der Waals surface area (Å²) < 4.78 is 16.1. The highest BCUT2D eigenvalue weighted by atomic mass is 79.9. The fourth-order valence-corrected chi connectivity index (χ4v) is 3.91. The van der Waals surface area contributed by atoms with Crippen LogP contribution in [-0.4, -0.2) is 48.9 Å². The standard InChI is InChI=1S/C21H18BrNO6S/c1-27-19(24)13-29-17-8-7-14(11-16(17)22)12-18-20(25)23(21(26)30-18)9-10-28-15-5-3-2-4-6-15/h2-8,11-12H,9-10,13H2,1H3/b18-12-. The Labute approximate surface area is 186 Å². The molecule has 1 saturated heterocycles. The van der Waals surface area contributed by atoms with Gasteiger partial charge in [0.15, 0.2) is 6.61 Å². The third-order valence-electron chi connectivity index (χ3n) is 4.03. The van der Waals surface area contributed by atoms with E-state index in [-0.39, 0.29) is 30.9 Å². The van der Waals surface area contributed by atoms with Crippen molar-refractivity contribution >= 4 is 50.9 Å². The molecule has 2 aromatic carbocycles. The maximum Gasteiger partial charge on any atom is 0.343 e. The number of carbonyl (C=O) groups is 3. The van der Waals surface area contributed by atoms with Crippen LogP contribution in [0.5, 0.6) is 11.5 Å². The van der Waals surface area contributed by atoms with Crippen molar-refractivity contribution in [2.24, 2.45) is 0 Å². The number of halogens is 1. The van der Waals surface area contributed by atoms with Crippen LogP contribution in [0.4, 0.5) is 4.79 Å². The Morgan fingerprint density at radius 2 is 1.90 bits per heavy atom. The molecule has 0 N–H and O–H groups in total. The van der Waals surface area contributed by atoms with Crippen LogP contribution in [-0.2, 0) is 14.3 Å². The number of ether oxygens (including phenoxy) is 3. The predicted octanol–water partition coefficient (Wildman–Crippen LogP) is 4.12. The second kappa shape index (κ2) is 10.3. The van der Waals surface area contributed by atoms with Crippen molar-refractivity contribution in [3.8, 4) is 11.5 Å². The van der Waals surface area contributed by atoms with E-state index in [0.29, 0.717) is 26.4 Å². The van der Waals surface area contributed by atoms with Crippen LogP contribution in [0, 0.1) is 0 Å². The normalized spacial score (nSPS) is 14.9. The maximum absolute atomic E-state index is 12.6. The first-order chi connectivity index (χ1) is 14.5. The Kier molecular flexibility index (Phi) is 7.53. The molecular formula is C21H18BrNO6S. The molecule has 0 atom stereocenters. The first kappa shape index (κ1) is 21.9. The van der Waals surface area contributed by atoms with Crippen molar-refractivity contribution in [2.45, 2.75) is 0 Å². The number of imide groups is 1. The Morgan fingerprint density at radius 1 is 1.13 bits per heavy atom. The molecular weight excluding hydrogens is 474 g/mol. The molecule has 1 aliphatic heterocycles. The van der Waals surface area contributed by atoms with E-state index in [2.05, 4.69) is 20.7 Å². The third kappa shape index (κ3) is 5.64. The molecule has 0 radical (unpaired) electrons. The number of nitrogens with zero attached hydrogens (tertiary/aromatic N) is 1. The summed E-state index contributed by atoms with van der Waals surface area (Å²) in [6.07, 6.45) is 1.64. The van der Waals surface area contributed by atoms with Crippen LogP contribution >= 0.6 is 27.7 Å². The van der Waals surface area contributed by atoms with Crippen molar-refractivity contribution in [3.63, 3.8) is 0 Å². The zero-order valence-electron chi connectivity index (χ0n) is 16.0. The van der Waals surface area contributed by atoms with Gasteiger partial charge < -0.3 is 14.2 Å². The molecule has 0 unspecified atom stereocenters. The van der Waals surface area contributed by atoms with Crippen molar-refractivity contribution in [1.82, 2.24) is 4.90 Å². The number of para-hydroxylation sites is 1. The highest BCUT2D eigenvalue weighted by molar-refractivity contribution is 9.10. The maximum atomic E-state index is 12.6. The van der Waals surface area contributed by atoms with Crippen LogP contribution in [0.3, 0.4) is 0 Å². The summed E-state index contributed by atoms with van der Waals surface area (Å²) in [6.45, 7) is 0.173. The zero-order chi connectivity index (χ0) is 21.5. The Bertz CT molecular complexity index is 979. The zero-order valence-corrected chi connectivity index (χ0v) is 18.4. The number of esters is 1. The summed E-state index contributed by atoms with van der Waals surface area (Å²) in [5, 5.41) is -0.333. The van der Waals surface area contributed by atoms with Crippen LogP contribution in [0.25, 0.3) is 6.08 Å². The van der Waals surface area contributed by atoms with E-state index in [9.17, 15) is 14.4 Å². The first-order valence-electron chi connectivity index (χ1n) is 8.90. The molecule has 0 aliphatic carbocycles. The number of methoxy groups -OCH3 is 1. The first-order valence-corrected chi connectivity index (χ1v) is 10.5. The number of amides is 2. The van der Waals surface area contributed by atoms with E-state index in [1.807, 2.05) is 30.3 Å². The molecule has 30 heavy (non-hydrogen) atoms. The summed E-state index contributed by atoms with van der Waals surface area (Å²) in [6, 6.07) is 14.3. The molecule has 2 amide bonds. The average molecular weight is 492 g/mol. The minimum atomic E-state index is -0.490. The summed E-state index contributed by atoms with van der Waals surface area (Å²) in [7, 11) is 1.28. The van der Waals surface area contributed by atoms with Crippen LogP contribution < -0.4 is 9.47 Å². The molecule has 9 heteroatoms. The van der Waals surface area contributed by atoms with E-state index in [1.165, 1.54) is 12.0 Å². The fraction of sp³-hybridized carbons (Fsp3) is 0.190. The molecule has 0 saturated carbocycles. The number of hydrogen-bond donors (Lipinski definition) is 0. The molecule has 1 heterocycles. The van der Waals surface area contributed by atoms with Gasteiger partial charge in [-0.3, -0.25) is 14.5 Å². The third-order valence-corrected chi connectivity index (χ3v) is 5.55. The summed E-state index contributed by atoms with van der Waals surface area (Å²) in [5.41, 5.74) is 0.707. The van der Waals surface area contributed by atoms with Gasteiger partial charge in [0.05, 0.1) is 23.0 Å². The smallest absolute Gasteiger partial charge is 0.343 e. The second-order valence-electron chi connectivity index (χ2n) is 6.05. The van der Waals surface area contributed by atoms with Gasteiger partial charge in [-0.1, -0.05) is 24.3 Å². The average Bonchev–Trinajstić information content (AvgIpc) is 3.01. The quantitative estimate of drug-likeness (QED) is 0.405. The summed E-state index contributed by atoms with van der Waals surface area (Å²) in [4.78, 5) is 37.5. The van der Waals surface area contributed by atoms with Crippen molar-refractivity contribution in [3.05, 3.63) is 63.5 Å². The number of carbonyl (C=O) groups excluding carboxylic acids is 3. The van der Waals surface area contributed by atoms with Crippen molar-refractivity contribution in [1.29, 1.82) is 0 Å². The lowest BCUT2D eigenvalue weighted by molar-refractivity contribution is -0.142. The lowest BCUT2D eigenvalue weighted by atomic mass is 10.2. The molecule has 0 aromatic heterocycles. The molecule has 3 rings (SSSR count). The summed E-state index contributed by atoms with van der Waals surface area (Å²) >= 11 is 4.26. The molecule has 1 fully saturated rings. The molecule has 7 nitrogen and oxygen atoms in total.